The molecule has 0 saturated heterocycles. The number of Topliss-reactive ketones (excluding diaryl/α,β-unsaturated/α-hetero) is 1. The minimum absolute atomic E-state index is 0.113. The third-order valence-corrected chi connectivity index (χ3v) is 4.47. The van der Waals surface area contributed by atoms with Crippen LogP contribution in [0.5, 0.6) is 0 Å². The molecule has 0 amide bonds. The maximum Gasteiger partial charge on any atom is 0.224 e. The van der Waals surface area contributed by atoms with E-state index in [-0.39, 0.29) is 17.5 Å². The highest BCUT2D eigenvalue weighted by Gasteiger charge is 2.38. The van der Waals surface area contributed by atoms with Crippen molar-refractivity contribution < 1.29 is 9.90 Å². The predicted molar refractivity (Wildman–Crippen MR) is 97.8 cm³/mol. The third kappa shape index (κ3) is 3.05. The molecule has 2 aromatic carbocycles. The maximum absolute atomic E-state index is 12.7. The van der Waals surface area contributed by atoms with Gasteiger partial charge in [0.2, 0.25) is 5.78 Å². The fourth-order valence-electron chi connectivity index (χ4n) is 3.27. The molecular weight excluding hydrogens is 296 g/mol. The molecule has 1 aliphatic carbocycles. The lowest BCUT2D eigenvalue weighted by Gasteiger charge is -2.17. The van der Waals surface area contributed by atoms with Gasteiger partial charge < -0.3 is 5.11 Å². The third-order valence-electron chi connectivity index (χ3n) is 4.47. The molecule has 2 aromatic rings. The molecule has 1 unspecified atom stereocenters. The lowest BCUT2D eigenvalue weighted by Crippen LogP contribution is -2.05. The number of hydrogen-bond donors (Lipinski definition) is 1. The van der Waals surface area contributed by atoms with Crippen molar-refractivity contribution in [1.82, 2.24) is 0 Å². The molecule has 0 bridgehead atoms. The van der Waals surface area contributed by atoms with Gasteiger partial charge in [-0.15, -0.1) is 0 Å². The SMILES string of the molecule is CCCC/C=C1/C(=O)C(O)=C(c2ccccc2)C1c1ccccc1. The lowest BCUT2D eigenvalue weighted by molar-refractivity contribution is -0.114. The van der Waals surface area contributed by atoms with E-state index in [9.17, 15) is 9.90 Å². The van der Waals surface area contributed by atoms with Crippen molar-refractivity contribution in [3.8, 4) is 0 Å². The molecular formula is C22H22O2. The summed E-state index contributed by atoms with van der Waals surface area (Å²) in [6.07, 6.45) is 4.99. The number of allylic oxidation sites excluding steroid dienone is 3. The van der Waals surface area contributed by atoms with E-state index in [2.05, 4.69) is 6.92 Å². The van der Waals surface area contributed by atoms with Crippen LogP contribution in [-0.2, 0) is 4.79 Å². The molecule has 0 aromatic heterocycles. The van der Waals surface area contributed by atoms with E-state index < -0.39 is 0 Å². The molecule has 0 aliphatic heterocycles. The summed E-state index contributed by atoms with van der Waals surface area (Å²) in [6, 6.07) is 19.7. The number of benzene rings is 2. The minimum Gasteiger partial charge on any atom is -0.504 e. The fraction of sp³-hybridized carbons (Fsp3) is 0.227. The van der Waals surface area contributed by atoms with Gasteiger partial charge in [-0.3, -0.25) is 4.79 Å². The van der Waals surface area contributed by atoms with E-state index in [0.29, 0.717) is 5.57 Å². The van der Waals surface area contributed by atoms with Crippen LogP contribution in [0.4, 0.5) is 0 Å². The smallest absolute Gasteiger partial charge is 0.224 e. The molecule has 1 N–H and O–H groups in total. The van der Waals surface area contributed by atoms with Crippen molar-refractivity contribution in [2.45, 2.75) is 32.1 Å². The first-order valence-electron chi connectivity index (χ1n) is 8.52. The van der Waals surface area contributed by atoms with Crippen LogP contribution < -0.4 is 0 Å². The van der Waals surface area contributed by atoms with Crippen molar-refractivity contribution in [3.63, 3.8) is 0 Å². The molecule has 24 heavy (non-hydrogen) atoms. The van der Waals surface area contributed by atoms with Gasteiger partial charge in [0.25, 0.3) is 0 Å². The van der Waals surface area contributed by atoms with E-state index >= 15 is 0 Å². The summed E-state index contributed by atoms with van der Waals surface area (Å²) in [5.74, 6) is -0.547. The van der Waals surface area contributed by atoms with Crippen LogP contribution in [0.2, 0.25) is 0 Å². The second-order valence-corrected chi connectivity index (χ2v) is 6.10. The first-order chi connectivity index (χ1) is 11.7. The van der Waals surface area contributed by atoms with Crippen molar-refractivity contribution in [1.29, 1.82) is 0 Å². The van der Waals surface area contributed by atoms with Gasteiger partial charge in [-0.2, -0.15) is 0 Å². The number of carbonyl (C=O) groups excluding carboxylic acids is 1. The monoisotopic (exact) mass is 318 g/mol. The second-order valence-electron chi connectivity index (χ2n) is 6.10. The number of aliphatic hydroxyl groups is 1. The summed E-state index contributed by atoms with van der Waals surface area (Å²) in [4.78, 5) is 12.7. The van der Waals surface area contributed by atoms with Crippen LogP contribution in [0.1, 0.15) is 43.2 Å². The number of rotatable bonds is 5. The van der Waals surface area contributed by atoms with Gasteiger partial charge in [0, 0.05) is 17.1 Å². The van der Waals surface area contributed by atoms with Crippen LogP contribution >= 0.6 is 0 Å². The first kappa shape index (κ1) is 16.3. The highest BCUT2D eigenvalue weighted by Crippen LogP contribution is 2.46. The zero-order valence-electron chi connectivity index (χ0n) is 13.9. The zero-order chi connectivity index (χ0) is 16.9. The van der Waals surface area contributed by atoms with Crippen molar-refractivity contribution in [2.24, 2.45) is 0 Å². The highest BCUT2D eigenvalue weighted by molar-refractivity contribution is 6.19. The normalized spacial score (nSPS) is 19.3. The standard InChI is InChI=1S/C22H22O2/c1-2-3-6-15-18-19(16-11-7-4-8-12-16)20(22(24)21(18)23)17-13-9-5-10-14-17/h4-5,7-15,19,24H,2-3,6H2,1H3/b18-15+. The predicted octanol–water partition coefficient (Wildman–Crippen LogP) is 5.44. The average Bonchev–Trinajstić information content (AvgIpc) is 2.88. The Hall–Kier alpha value is -2.61. The lowest BCUT2D eigenvalue weighted by atomic mass is 9.85. The molecule has 122 valence electrons. The molecule has 0 spiro atoms. The Kier molecular flexibility index (Phi) is 4.95. The van der Waals surface area contributed by atoms with Crippen molar-refractivity contribution >= 4 is 11.4 Å². The van der Waals surface area contributed by atoms with E-state index in [1.54, 1.807) is 0 Å². The Balaban J connectivity index is 2.11. The summed E-state index contributed by atoms with van der Waals surface area (Å²) >= 11 is 0. The molecule has 0 saturated carbocycles. The van der Waals surface area contributed by atoms with E-state index in [1.165, 1.54) is 0 Å². The highest BCUT2D eigenvalue weighted by atomic mass is 16.3. The van der Waals surface area contributed by atoms with Gasteiger partial charge in [-0.1, -0.05) is 86.5 Å². The number of ketones is 1. The molecule has 1 aliphatic rings. The molecule has 0 fully saturated rings. The number of hydrogen-bond acceptors (Lipinski definition) is 2. The van der Waals surface area contributed by atoms with Crippen LogP contribution in [0.15, 0.2) is 78.1 Å². The summed E-state index contributed by atoms with van der Waals surface area (Å²) < 4.78 is 0. The van der Waals surface area contributed by atoms with Gasteiger partial charge in [0.05, 0.1) is 0 Å². The number of unbranched alkanes of at least 4 members (excludes halogenated alkanes) is 2. The maximum atomic E-state index is 12.7. The molecule has 1 atom stereocenters. The summed E-state index contributed by atoms with van der Waals surface area (Å²) in [7, 11) is 0. The molecule has 0 heterocycles. The second kappa shape index (κ2) is 7.31. The summed E-state index contributed by atoms with van der Waals surface area (Å²) in [6.45, 7) is 2.13. The largest absolute Gasteiger partial charge is 0.504 e. The quantitative estimate of drug-likeness (QED) is 0.589. The zero-order valence-corrected chi connectivity index (χ0v) is 13.9. The Morgan fingerprint density at radius 3 is 2.25 bits per heavy atom. The van der Waals surface area contributed by atoms with Crippen molar-refractivity contribution in [3.05, 3.63) is 89.2 Å². The van der Waals surface area contributed by atoms with Gasteiger partial charge in [0.1, 0.15) is 0 Å². The first-order valence-corrected chi connectivity index (χ1v) is 8.52. The molecule has 3 rings (SSSR count). The molecule has 2 nitrogen and oxygen atoms in total. The average molecular weight is 318 g/mol. The van der Waals surface area contributed by atoms with E-state index in [0.717, 1.165) is 36.0 Å². The van der Waals surface area contributed by atoms with Gasteiger partial charge in [-0.25, -0.2) is 0 Å². The number of aliphatic hydroxyl groups excluding tert-OH is 1. The van der Waals surface area contributed by atoms with Crippen LogP contribution in [0.3, 0.4) is 0 Å². The van der Waals surface area contributed by atoms with Gasteiger partial charge >= 0.3 is 0 Å². The molecule has 2 heteroatoms. The Morgan fingerprint density at radius 1 is 1.00 bits per heavy atom. The summed E-state index contributed by atoms with van der Waals surface area (Å²) in [5, 5.41) is 10.6. The van der Waals surface area contributed by atoms with Crippen LogP contribution in [0, 0.1) is 0 Å². The van der Waals surface area contributed by atoms with E-state index in [4.69, 9.17) is 0 Å². The number of carbonyl (C=O) groups is 1. The minimum atomic E-state index is -0.237. The Labute approximate surface area is 143 Å². The Morgan fingerprint density at radius 2 is 1.62 bits per heavy atom. The molecule has 0 radical (unpaired) electrons. The van der Waals surface area contributed by atoms with Crippen LogP contribution in [-0.4, -0.2) is 10.9 Å². The fourth-order valence-corrected chi connectivity index (χ4v) is 3.27. The van der Waals surface area contributed by atoms with Gasteiger partial charge in [0.15, 0.2) is 5.76 Å². The van der Waals surface area contributed by atoms with Gasteiger partial charge in [-0.05, 0) is 17.5 Å². The topological polar surface area (TPSA) is 37.3 Å². The van der Waals surface area contributed by atoms with Crippen molar-refractivity contribution in [2.75, 3.05) is 0 Å². The van der Waals surface area contributed by atoms with E-state index in [1.807, 2.05) is 66.7 Å². The van der Waals surface area contributed by atoms with Crippen LogP contribution in [0.25, 0.3) is 5.57 Å². The summed E-state index contributed by atoms with van der Waals surface area (Å²) in [5.41, 5.74) is 3.35. The Bertz CT molecular complexity index is 770.